The number of amides is 1. The number of hydrogen-bond acceptors (Lipinski definition) is 6. The van der Waals surface area contributed by atoms with E-state index >= 15 is 0 Å². The maximum atomic E-state index is 11.7. The van der Waals surface area contributed by atoms with E-state index < -0.39 is 0 Å². The lowest BCUT2D eigenvalue weighted by Gasteiger charge is -2.01. The van der Waals surface area contributed by atoms with Crippen molar-refractivity contribution in [1.82, 2.24) is 15.2 Å². The molecule has 0 aliphatic heterocycles. The second-order valence-corrected chi connectivity index (χ2v) is 5.04. The number of carbonyl (C=O) groups is 1. The largest absolute Gasteiger partial charge is 0.416 e. The second-order valence-electron chi connectivity index (χ2n) is 4.11. The summed E-state index contributed by atoms with van der Waals surface area (Å²) in [6.07, 6.45) is 1.62. The molecule has 6 nitrogen and oxygen atoms in total. The minimum atomic E-state index is -0.159. The van der Waals surface area contributed by atoms with Crippen molar-refractivity contribution in [3.05, 3.63) is 30.3 Å². The van der Waals surface area contributed by atoms with Crippen molar-refractivity contribution in [1.29, 1.82) is 0 Å². The smallest absolute Gasteiger partial charge is 0.277 e. The molecule has 2 aromatic rings. The van der Waals surface area contributed by atoms with Crippen molar-refractivity contribution in [2.45, 2.75) is 25.0 Å². The van der Waals surface area contributed by atoms with E-state index in [0.717, 1.165) is 0 Å². The summed E-state index contributed by atoms with van der Waals surface area (Å²) in [5.74, 6) is 1.34. The monoisotopic (exact) mass is 278 g/mol. The van der Waals surface area contributed by atoms with Gasteiger partial charge in [0.25, 0.3) is 5.22 Å². The zero-order chi connectivity index (χ0) is 13.7. The molecule has 0 aliphatic carbocycles. The maximum absolute atomic E-state index is 11.7. The first kappa shape index (κ1) is 13.5. The number of rotatable bonds is 5. The van der Waals surface area contributed by atoms with Crippen LogP contribution in [-0.4, -0.2) is 26.8 Å². The minimum absolute atomic E-state index is 0.159. The van der Waals surface area contributed by atoms with Gasteiger partial charge in [0, 0.05) is 12.1 Å². The number of aromatic nitrogens is 3. The number of anilines is 1. The zero-order valence-electron chi connectivity index (χ0n) is 10.7. The molecule has 0 bridgehead atoms. The van der Waals surface area contributed by atoms with Gasteiger partial charge in [0.1, 0.15) is 5.82 Å². The average Bonchev–Trinajstić information content (AvgIpc) is 2.86. The van der Waals surface area contributed by atoms with Crippen LogP contribution >= 0.6 is 11.8 Å². The fraction of sp³-hybridized carbons (Fsp3) is 0.333. The topological polar surface area (TPSA) is 80.9 Å². The molecule has 0 fully saturated rings. The summed E-state index contributed by atoms with van der Waals surface area (Å²) in [5.41, 5.74) is 0. The van der Waals surface area contributed by atoms with Crippen LogP contribution in [0.15, 0.2) is 34.0 Å². The molecule has 0 radical (unpaired) electrons. The number of nitrogens with one attached hydrogen (secondary N) is 1. The van der Waals surface area contributed by atoms with Crippen molar-refractivity contribution in [3.8, 4) is 0 Å². The summed E-state index contributed by atoms with van der Waals surface area (Å²) in [6.45, 7) is 3.94. The molecule has 2 rings (SSSR count). The number of nitrogens with zero attached hydrogens (tertiary/aromatic N) is 3. The third-order valence-electron chi connectivity index (χ3n) is 2.18. The predicted octanol–water partition coefficient (Wildman–Crippen LogP) is 2.32. The molecular weight excluding hydrogens is 264 g/mol. The molecule has 0 spiro atoms. The van der Waals surface area contributed by atoms with Gasteiger partial charge in [-0.3, -0.25) is 4.79 Å². The van der Waals surface area contributed by atoms with Gasteiger partial charge in [-0.05, 0) is 12.1 Å². The van der Waals surface area contributed by atoms with Gasteiger partial charge < -0.3 is 9.73 Å². The van der Waals surface area contributed by atoms with Crippen LogP contribution in [0.1, 0.15) is 25.7 Å². The first-order chi connectivity index (χ1) is 9.15. The van der Waals surface area contributed by atoms with E-state index in [-0.39, 0.29) is 17.6 Å². The molecule has 0 atom stereocenters. The zero-order valence-corrected chi connectivity index (χ0v) is 11.5. The van der Waals surface area contributed by atoms with Gasteiger partial charge in [-0.1, -0.05) is 31.7 Å². The third kappa shape index (κ3) is 4.06. The first-order valence-electron chi connectivity index (χ1n) is 5.82. The summed E-state index contributed by atoms with van der Waals surface area (Å²) in [5, 5.41) is 10.8. The van der Waals surface area contributed by atoms with Crippen LogP contribution < -0.4 is 5.32 Å². The molecule has 0 unspecified atom stereocenters. The summed E-state index contributed by atoms with van der Waals surface area (Å²) in [4.78, 5) is 15.7. The van der Waals surface area contributed by atoms with Gasteiger partial charge in [0.15, 0.2) is 0 Å². The van der Waals surface area contributed by atoms with Gasteiger partial charge in [-0.25, -0.2) is 4.98 Å². The highest BCUT2D eigenvalue weighted by Crippen LogP contribution is 2.20. The quantitative estimate of drug-likeness (QED) is 0.845. The van der Waals surface area contributed by atoms with E-state index in [4.69, 9.17) is 4.42 Å². The minimum Gasteiger partial charge on any atom is -0.416 e. The Morgan fingerprint density at radius 2 is 2.26 bits per heavy atom. The highest BCUT2D eigenvalue weighted by atomic mass is 32.2. The molecule has 2 aromatic heterocycles. The van der Waals surface area contributed by atoms with E-state index in [1.165, 1.54) is 11.8 Å². The van der Waals surface area contributed by atoms with Crippen molar-refractivity contribution in [2.24, 2.45) is 0 Å². The van der Waals surface area contributed by atoms with Crippen LogP contribution in [0, 0.1) is 0 Å². The molecule has 7 heteroatoms. The van der Waals surface area contributed by atoms with Crippen molar-refractivity contribution < 1.29 is 9.21 Å². The molecule has 0 saturated carbocycles. The molecule has 0 aliphatic rings. The Labute approximate surface area is 115 Å². The standard InChI is InChI=1S/C12H14N4O2S/c1-8(2)11-15-16-12(18-11)19-7-10(17)14-9-5-3-4-6-13-9/h3-6,8H,7H2,1-2H3,(H,13,14,17). The summed E-state index contributed by atoms with van der Waals surface area (Å²) >= 11 is 1.21. The summed E-state index contributed by atoms with van der Waals surface area (Å²) in [7, 11) is 0. The Balaban J connectivity index is 1.83. The Hall–Kier alpha value is -1.89. The van der Waals surface area contributed by atoms with Gasteiger partial charge >= 0.3 is 0 Å². The maximum Gasteiger partial charge on any atom is 0.277 e. The molecule has 2 heterocycles. The molecule has 0 aromatic carbocycles. The Bertz CT molecular complexity index is 542. The molecule has 0 saturated heterocycles. The van der Waals surface area contributed by atoms with Crippen molar-refractivity contribution >= 4 is 23.5 Å². The lowest BCUT2D eigenvalue weighted by molar-refractivity contribution is -0.113. The Morgan fingerprint density at radius 1 is 1.42 bits per heavy atom. The first-order valence-corrected chi connectivity index (χ1v) is 6.81. The molecule has 1 N–H and O–H groups in total. The fourth-order valence-electron chi connectivity index (χ4n) is 1.25. The normalized spacial score (nSPS) is 10.7. The van der Waals surface area contributed by atoms with Crippen LogP contribution in [-0.2, 0) is 4.79 Å². The number of carbonyl (C=O) groups excluding carboxylic acids is 1. The van der Waals surface area contributed by atoms with E-state index in [9.17, 15) is 4.79 Å². The highest BCUT2D eigenvalue weighted by molar-refractivity contribution is 7.99. The van der Waals surface area contributed by atoms with E-state index in [0.29, 0.717) is 16.9 Å². The van der Waals surface area contributed by atoms with Crippen molar-refractivity contribution in [3.63, 3.8) is 0 Å². The van der Waals surface area contributed by atoms with Gasteiger partial charge in [0.2, 0.25) is 11.8 Å². The summed E-state index contributed by atoms with van der Waals surface area (Å²) < 4.78 is 5.39. The SMILES string of the molecule is CC(C)c1nnc(SCC(=O)Nc2ccccn2)o1. The average molecular weight is 278 g/mol. The van der Waals surface area contributed by atoms with Gasteiger partial charge in [0.05, 0.1) is 5.75 Å². The number of pyridine rings is 1. The van der Waals surface area contributed by atoms with Crippen LogP contribution in [0.4, 0.5) is 5.82 Å². The third-order valence-corrected chi connectivity index (χ3v) is 2.99. The fourth-order valence-corrected chi connectivity index (χ4v) is 1.82. The van der Waals surface area contributed by atoms with E-state index in [2.05, 4.69) is 20.5 Å². The second kappa shape index (κ2) is 6.33. The van der Waals surface area contributed by atoms with E-state index in [1.54, 1.807) is 18.3 Å². The summed E-state index contributed by atoms with van der Waals surface area (Å²) in [6, 6.07) is 5.32. The number of thioether (sulfide) groups is 1. The van der Waals surface area contributed by atoms with Crippen LogP contribution in [0.25, 0.3) is 0 Å². The van der Waals surface area contributed by atoms with Crippen LogP contribution in [0.3, 0.4) is 0 Å². The Morgan fingerprint density at radius 3 is 2.89 bits per heavy atom. The van der Waals surface area contributed by atoms with Crippen LogP contribution in [0.5, 0.6) is 0 Å². The molecular formula is C12H14N4O2S. The highest BCUT2D eigenvalue weighted by Gasteiger charge is 2.12. The molecule has 19 heavy (non-hydrogen) atoms. The van der Waals surface area contributed by atoms with Gasteiger partial charge in [-0.15, -0.1) is 10.2 Å². The number of hydrogen-bond donors (Lipinski definition) is 1. The lowest BCUT2D eigenvalue weighted by atomic mass is 10.2. The van der Waals surface area contributed by atoms with Gasteiger partial charge in [-0.2, -0.15) is 0 Å². The molecule has 100 valence electrons. The Kier molecular flexibility index (Phi) is 4.51. The van der Waals surface area contributed by atoms with E-state index in [1.807, 2.05) is 19.9 Å². The lowest BCUT2D eigenvalue weighted by Crippen LogP contribution is -2.14. The van der Waals surface area contributed by atoms with Crippen molar-refractivity contribution in [2.75, 3.05) is 11.1 Å². The molecule has 1 amide bonds. The predicted molar refractivity (Wildman–Crippen MR) is 72.0 cm³/mol. The van der Waals surface area contributed by atoms with Crippen LogP contribution in [0.2, 0.25) is 0 Å².